The van der Waals surface area contributed by atoms with E-state index in [0.717, 1.165) is 173 Å². The maximum atomic E-state index is 10.4. The lowest BCUT2D eigenvalue weighted by Gasteiger charge is -2.46. The summed E-state index contributed by atoms with van der Waals surface area (Å²) in [5.41, 5.74) is 39.9. The molecule has 0 unspecified atom stereocenters. The fourth-order valence-electron chi connectivity index (χ4n) is 20.3. The molecule has 21 rings (SSSR count). The van der Waals surface area contributed by atoms with Gasteiger partial charge in [0, 0.05) is 77.9 Å². The van der Waals surface area contributed by atoms with Crippen LogP contribution in [0.3, 0.4) is 0 Å². The first kappa shape index (κ1) is 82.9. The molecule has 4 heterocycles. The van der Waals surface area contributed by atoms with Gasteiger partial charge in [-0.3, -0.25) is 0 Å². The van der Waals surface area contributed by atoms with Crippen molar-refractivity contribution in [2.45, 2.75) is 131 Å². The van der Waals surface area contributed by atoms with Crippen molar-refractivity contribution in [2.24, 2.45) is 0 Å². The summed E-state index contributed by atoms with van der Waals surface area (Å²) in [5.74, 6) is 0. The van der Waals surface area contributed by atoms with Crippen molar-refractivity contribution in [3.05, 3.63) is 409 Å². The second-order valence-electron chi connectivity index (χ2n) is 41.2. The number of aromatic nitrogens is 2. The Morgan fingerprint density at radius 3 is 0.947 bits per heavy atom. The number of rotatable bonds is 12. The second kappa shape index (κ2) is 31.4. The molecule has 19 aromatic rings. The molecule has 0 aliphatic carbocycles. The third-order valence-corrected chi connectivity index (χ3v) is 27.5. The molecule has 0 N–H and O–H groups in total. The van der Waals surface area contributed by atoms with Crippen molar-refractivity contribution in [3.8, 4) is 106 Å². The number of hydrogen-bond donors (Lipinski definition) is 0. The van der Waals surface area contributed by atoms with Crippen molar-refractivity contribution in [3.63, 3.8) is 0 Å². The van der Waals surface area contributed by atoms with Gasteiger partial charge in [0.2, 0.25) is 0 Å². The first-order valence-electron chi connectivity index (χ1n) is 46.0. The van der Waals surface area contributed by atoms with Gasteiger partial charge >= 0.3 is 0 Å². The molecule has 0 bridgehead atoms. The van der Waals surface area contributed by atoms with E-state index in [1.165, 1.54) is 49.4 Å². The Bertz CT molecular complexity index is 7750. The number of anilines is 6. The van der Waals surface area contributed by atoms with Gasteiger partial charge in [-0.05, 0) is 265 Å². The Kier molecular flexibility index (Phi) is 19.9. The van der Waals surface area contributed by atoms with Crippen LogP contribution >= 0.6 is 0 Å². The summed E-state index contributed by atoms with van der Waals surface area (Å²) in [7, 11) is 0. The van der Waals surface area contributed by atoms with E-state index in [4.69, 9.17) is 6.57 Å². The van der Waals surface area contributed by atoms with Gasteiger partial charge in [0.05, 0.1) is 51.6 Å². The zero-order valence-electron chi connectivity index (χ0n) is 77.4. The van der Waals surface area contributed by atoms with Gasteiger partial charge in [-0.2, -0.15) is 5.26 Å². The van der Waals surface area contributed by atoms with E-state index in [1.54, 1.807) is 0 Å². The van der Waals surface area contributed by atoms with Crippen molar-refractivity contribution < 1.29 is 0 Å². The first-order chi connectivity index (χ1) is 63.0. The summed E-state index contributed by atoms with van der Waals surface area (Å²) in [6.45, 7) is 42.7. The summed E-state index contributed by atoms with van der Waals surface area (Å²) >= 11 is 0. The Hall–Kier alpha value is -15.0. The lowest BCUT2D eigenvalue weighted by atomic mass is 9.33. The Labute approximate surface area is 771 Å². The lowest BCUT2D eigenvalue weighted by Crippen LogP contribution is -2.61. The summed E-state index contributed by atoms with van der Waals surface area (Å²) in [4.78, 5) is 9.34. The van der Waals surface area contributed by atoms with Crippen molar-refractivity contribution in [1.82, 2.24) is 9.13 Å². The molecule has 0 saturated carbocycles. The smallest absolute Gasteiger partial charge is 0.252 e. The molecule has 131 heavy (non-hydrogen) atoms. The van der Waals surface area contributed by atoms with Crippen molar-refractivity contribution in [1.29, 1.82) is 5.26 Å². The zero-order valence-corrected chi connectivity index (χ0v) is 77.4. The maximum Gasteiger partial charge on any atom is 0.252 e. The highest BCUT2D eigenvalue weighted by Gasteiger charge is 2.47. The highest BCUT2D eigenvalue weighted by Crippen LogP contribution is 2.57. The monoisotopic (exact) mass is 1690 g/mol. The molecule has 2 aliphatic heterocycles. The first-order valence-corrected chi connectivity index (χ1v) is 46.0. The minimum Gasteiger partial charge on any atom is -0.310 e. The summed E-state index contributed by atoms with van der Waals surface area (Å²) < 4.78 is 5.10. The van der Waals surface area contributed by atoms with Gasteiger partial charge < -0.3 is 18.9 Å². The average Bonchev–Trinajstić information content (AvgIpc) is 1.10. The van der Waals surface area contributed by atoms with E-state index in [-0.39, 0.29) is 27.1 Å². The number of fused-ring (bicyclic) bond motifs is 10. The largest absolute Gasteiger partial charge is 0.310 e. The fourth-order valence-corrected chi connectivity index (χ4v) is 20.3. The molecule has 0 atom stereocenters. The topological polar surface area (TPSA) is 44.5 Å². The van der Waals surface area contributed by atoms with Gasteiger partial charge in [0.25, 0.3) is 6.71 Å². The van der Waals surface area contributed by atoms with E-state index < -0.39 is 6.71 Å². The molecule has 0 radical (unpaired) electrons. The molecule has 2 aliphatic rings. The van der Waals surface area contributed by atoms with Crippen LogP contribution in [0.2, 0.25) is 0 Å². The molecule has 17 aromatic carbocycles. The molecular weight excluding hydrogens is 1580 g/mol. The normalized spacial score (nSPS) is 12.8. The number of benzene rings is 17. The van der Waals surface area contributed by atoms with Crippen LogP contribution in [-0.4, -0.2) is 15.8 Å². The summed E-state index contributed by atoms with van der Waals surface area (Å²) in [5, 5.41) is 15.3. The minimum atomic E-state index is -0.398. The molecule has 6 nitrogen and oxygen atoms in total. The zero-order chi connectivity index (χ0) is 90.5. The van der Waals surface area contributed by atoms with Crippen LogP contribution in [0.5, 0.6) is 0 Å². The minimum absolute atomic E-state index is 0.117. The Balaban J connectivity index is 0.963. The molecule has 0 amide bonds. The number of nitriles is 1. The highest BCUT2D eigenvalue weighted by atomic mass is 15.2. The Morgan fingerprint density at radius 1 is 0.260 bits per heavy atom. The molecule has 634 valence electrons. The molecule has 0 saturated heterocycles. The highest BCUT2D eigenvalue weighted by molar-refractivity contribution is 7.00. The van der Waals surface area contributed by atoms with Crippen molar-refractivity contribution in [2.75, 3.05) is 9.80 Å². The molecular formula is C124H105BN6. The van der Waals surface area contributed by atoms with Crippen LogP contribution in [0, 0.1) is 17.9 Å². The lowest BCUT2D eigenvalue weighted by molar-refractivity contribution is 0.590. The molecule has 2 aromatic heterocycles. The van der Waals surface area contributed by atoms with E-state index >= 15 is 0 Å². The SMILES string of the molecule is [C-]#[N+]c1ccc(-c2cc(-c3ccccc3)c(N3c4cc(-n5c6ccc(C(C)(C)C)cc6c6cc(C(C)(C)C)ccc65)ccc4B4c5ccc(-n6c7ccc(C(C)(C)C)cc7c7cc(C(C)(C)C)ccc76)cc5N(c5c(-c6ccccc6)cc(-c6ccc(C#N)cc6)cc5-c5cccc(C(C)(C)C)c5)c5cc(-c6ccccc6)cc3c54)c(-c3cccc(-c4ccccc4)c3)c2)cc1. The van der Waals surface area contributed by atoms with Gasteiger partial charge in [-0.15, -0.1) is 0 Å². The molecule has 0 spiro atoms. The quantitative estimate of drug-likeness (QED) is 0.0904. The van der Waals surface area contributed by atoms with E-state index in [1.807, 2.05) is 24.3 Å². The number of hydrogen-bond acceptors (Lipinski definition) is 3. The standard InChI is InChI=1S/C124H105BN6/c1-120(2,3)91-42-30-41-87(64-91)102-68-88(81-45-43-78(77-126)44-46-81)65-100(84-37-27-20-28-38-84)119(102)131-114-76-98(129-111-61-51-94(123(10,11)12)73-105(111)106-74-95(124(13,14)15)52-62-112(106)129)56-58-108(114)125-107-57-55-97(128-109-59-49-92(121(4,5)6)71-103(109)104-72-93(122(7,8)9)50-60-110(104)128)75-113(107)130(115-69-90(70-116(131)117(115)125)80-33-23-18-24-34-80)118-99(83-35-25-19-26-36-83)66-89(82-47-53-96(127-16)54-48-82)67-101(118)86-40-29-39-85(63-86)79-31-21-17-22-32-79/h17-76H,1-15H3. The third-order valence-electron chi connectivity index (χ3n) is 27.5. The van der Waals surface area contributed by atoms with E-state index in [2.05, 4.69) is 473 Å². The van der Waals surface area contributed by atoms with Crippen molar-refractivity contribution >= 4 is 107 Å². The van der Waals surface area contributed by atoms with E-state index in [0.29, 0.717) is 11.3 Å². The van der Waals surface area contributed by atoms with Gasteiger partial charge in [0.1, 0.15) is 0 Å². The summed E-state index contributed by atoms with van der Waals surface area (Å²) in [6.07, 6.45) is 0. The van der Waals surface area contributed by atoms with Gasteiger partial charge in [-0.1, -0.05) is 340 Å². The van der Waals surface area contributed by atoms with Crippen LogP contribution in [0.25, 0.3) is 149 Å². The fraction of sp³-hybridized carbons (Fsp3) is 0.161. The van der Waals surface area contributed by atoms with Crippen LogP contribution < -0.4 is 26.2 Å². The average molecular weight is 1690 g/mol. The second-order valence-corrected chi connectivity index (χ2v) is 41.2. The van der Waals surface area contributed by atoms with Crippen LogP contribution in [0.15, 0.2) is 364 Å². The summed E-state index contributed by atoms with van der Waals surface area (Å²) in [6, 6.07) is 140. The third kappa shape index (κ3) is 14.6. The van der Waals surface area contributed by atoms with Crippen LogP contribution in [0.4, 0.5) is 39.8 Å². The van der Waals surface area contributed by atoms with E-state index in [9.17, 15) is 5.26 Å². The predicted octanol–water partition coefficient (Wildman–Crippen LogP) is 32.2. The van der Waals surface area contributed by atoms with Crippen LogP contribution in [-0.2, 0) is 27.1 Å². The predicted molar refractivity (Wildman–Crippen MR) is 557 cm³/mol. The maximum absolute atomic E-state index is 10.4. The number of nitrogens with zero attached hydrogens (tertiary/aromatic N) is 6. The van der Waals surface area contributed by atoms with Gasteiger partial charge in [-0.25, -0.2) is 4.85 Å². The molecule has 0 fully saturated rings. The Morgan fingerprint density at radius 2 is 0.573 bits per heavy atom. The van der Waals surface area contributed by atoms with Gasteiger partial charge in [0.15, 0.2) is 5.69 Å². The van der Waals surface area contributed by atoms with Crippen LogP contribution in [0.1, 0.15) is 137 Å². The molecule has 7 heteroatoms.